The van der Waals surface area contributed by atoms with E-state index in [2.05, 4.69) is 31.2 Å². The summed E-state index contributed by atoms with van der Waals surface area (Å²) in [6.45, 7) is 0.981. The molecule has 1 aliphatic rings. The molecular formula is C8H11BrN4. The van der Waals surface area contributed by atoms with Gasteiger partial charge in [-0.3, -0.25) is 0 Å². The molecule has 2 rings (SSSR count). The standard InChI is InChI=1S/C8H11BrN4/c9-6-7(10)12-4-13-8(6)11-3-5-1-2-5/h4-5H,1-3H2,(H3,10,11,12,13). The highest BCUT2D eigenvalue weighted by Gasteiger charge is 2.21. The zero-order chi connectivity index (χ0) is 9.26. The minimum absolute atomic E-state index is 0.480. The molecule has 0 aliphatic heterocycles. The van der Waals surface area contributed by atoms with E-state index in [1.807, 2.05) is 0 Å². The summed E-state index contributed by atoms with van der Waals surface area (Å²) >= 11 is 3.34. The summed E-state index contributed by atoms with van der Waals surface area (Å²) < 4.78 is 0.760. The molecule has 1 heterocycles. The van der Waals surface area contributed by atoms with Gasteiger partial charge in [0.15, 0.2) is 0 Å². The third-order valence-corrected chi connectivity index (χ3v) is 2.85. The molecule has 1 aromatic rings. The number of anilines is 2. The fraction of sp³-hybridized carbons (Fsp3) is 0.500. The van der Waals surface area contributed by atoms with Crippen LogP contribution in [0.1, 0.15) is 12.8 Å². The lowest BCUT2D eigenvalue weighted by molar-refractivity contribution is 0.880. The highest BCUT2D eigenvalue weighted by molar-refractivity contribution is 9.10. The molecule has 0 saturated heterocycles. The van der Waals surface area contributed by atoms with Crippen LogP contribution >= 0.6 is 15.9 Å². The van der Waals surface area contributed by atoms with E-state index in [-0.39, 0.29) is 0 Å². The van der Waals surface area contributed by atoms with Gasteiger partial charge in [-0.2, -0.15) is 0 Å². The molecule has 13 heavy (non-hydrogen) atoms. The summed E-state index contributed by atoms with van der Waals surface area (Å²) in [5.41, 5.74) is 5.60. The van der Waals surface area contributed by atoms with E-state index < -0.39 is 0 Å². The van der Waals surface area contributed by atoms with Gasteiger partial charge in [0.05, 0.1) is 0 Å². The van der Waals surface area contributed by atoms with Crippen molar-refractivity contribution in [3.63, 3.8) is 0 Å². The number of rotatable bonds is 3. The quantitative estimate of drug-likeness (QED) is 0.847. The average Bonchev–Trinajstić information content (AvgIpc) is 2.91. The molecule has 0 amide bonds. The van der Waals surface area contributed by atoms with Gasteiger partial charge in [-0.25, -0.2) is 9.97 Å². The molecule has 1 saturated carbocycles. The van der Waals surface area contributed by atoms with Crippen molar-refractivity contribution in [2.45, 2.75) is 12.8 Å². The Balaban J connectivity index is 2.05. The smallest absolute Gasteiger partial charge is 0.145 e. The van der Waals surface area contributed by atoms with Crippen LogP contribution < -0.4 is 11.1 Å². The molecule has 0 aromatic carbocycles. The van der Waals surface area contributed by atoms with E-state index in [0.29, 0.717) is 5.82 Å². The SMILES string of the molecule is Nc1ncnc(NCC2CC2)c1Br. The molecule has 70 valence electrons. The first-order valence-corrected chi connectivity index (χ1v) is 5.06. The molecule has 1 fully saturated rings. The summed E-state index contributed by atoms with van der Waals surface area (Å²) in [7, 11) is 0. The van der Waals surface area contributed by atoms with Gasteiger partial charge < -0.3 is 11.1 Å². The monoisotopic (exact) mass is 242 g/mol. The minimum atomic E-state index is 0.480. The number of nitrogens with zero attached hydrogens (tertiary/aromatic N) is 2. The van der Waals surface area contributed by atoms with Crippen LogP contribution in [0.5, 0.6) is 0 Å². The van der Waals surface area contributed by atoms with Crippen molar-refractivity contribution < 1.29 is 0 Å². The predicted octanol–water partition coefficient (Wildman–Crippen LogP) is 1.64. The van der Waals surface area contributed by atoms with Gasteiger partial charge in [0.25, 0.3) is 0 Å². The Bertz CT molecular complexity index is 311. The Morgan fingerprint density at radius 3 is 3.00 bits per heavy atom. The van der Waals surface area contributed by atoms with E-state index in [1.165, 1.54) is 19.2 Å². The number of nitrogen functional groups attached to an aromatic ring is 1. The Morgan fingerprint density at radius 1 is 1.54 bits per heavy atom. The first kappa shape index (κ1) is 8.74. The summed E-state index contributed by atoms with van der Waals surface area (Å²) in [6, 6.07) is 0. The summed E-state index contributed by atoms with van der Waals surface area (Å²) in [4.78, 5) is 7.95. The van der Waals surface area contributed by atoms with Crippen molar-refractivity contribution in [1.82, 2.24) is 9.97 Å². The summed E-state index contributed by atoms with van der Waals surface area (Å²) in [5.74, 6) is 2.09. The van der Waals surface area contributed by atoms with Gasteiger partial charge >= 0.3 is 0 Å². The minimum Gasteiger partial charge on any atom is -0.383 e. The van der Waals surface area contributed by atoms with Crippen LogP contribution in [-0.2, 0) is 0 Å². The van der Waals surface area contributed by atoms with Crippen molar-refractivity contribution in [3.05, 3.63) is 10.8 Å². The maximum Gasteiger partial charge on any atom is 0.145 e. The highest BCUT2D eigenvalue weighted by Crippen LogP contribution is 2.30. The van der Waals surface area contributed by atoms with E-state index in [1.54, 1.807) is 0 Å². The van der Waals surface area contributed by atoms with Gasteiger partial charge in [-0.1, -0.05) is 0 Å². The number of nitrogens with two attached hydrogens (primary N) is 1. The van der Waals surface area contributed by atoms with Crippen LogP contribution in [0.25, 0.3) is 0 Å². The van der Waals surface area contributed by atoms with Crippen LogP contribution in [0.15, 0.2) is 10.8 Å². The van der Waals surface area contributed by atoms with Gasteiger partial charge in [0, 0.05) is 6.54 Å². The second kappa shape index (κ2) is 3.49. The second-order valence-corrected chi connectivity index (χ2v) is 4.04. The number of hydrogen-bond donors (Lipinski definition) is 2. The molecule has 4 nitrogen and oxygen atoms in total. The number of nitrogens with one attached hydrogen (secondary N) is 1. The van der Waals surface area contributed by atoms with E-state index in [4.69, 9.17) is 5.73 Å². The fourth-order valence-corrected chi connectivity index (χ4v) is 1.41. The fourth-order valence-electron chi connectivity index (χ4n) is 1.07. The third kappa shape index (κ3) is 2.09. The Hall–Kier alpha value is -0.840. The molecule has 0 radical (unpaired) electrons. The Morgan fingerprint density at radius 2 is 2.31 bits per heavy atom. The molecule has 5 heteroatoms. The van der Waals surface area contributed by atoms with Crippen LogP contribution in [-0.4, -0.2) is 16.5 Å². The van der Waals surface area contributed by atoms with Crippen molar-refractivity contribution in [2.75, 3.05) is 17.6 Å². The first-order chi connectivity index (χ1) is 6.27. The lowest BCUT2D eigenvalue weighted by Gasteiger charge is -2.06. The van der Waals surface area contributed by atoms with Gasteiger partial charge in [0.1, 0.15) is 22.4 Å². The van der Waals surface area contributed by atoms with E-state index in [9.17, 15) is 0 Å². The number of hydrogen-bond acceptors (Lipinski definition) is 4. The predicted molar refractivity (Wildman–Crippen MR) is 55.4 cm³/mol. The maximum absolute atomic E-state index is 5.60. The largest absolute Gasteiger partial charge is 0.383 e. The molecule has 0 unspecified atom stereocenters. The van der Waals surface area contributed by atoms with Crippen molar-refractivity contribution in [2.24, 2.45) is 5.92 Å². The van der Waals surface area contributed by atoms with Crippen molar-refractivity contribution in [3.8, 4) is 0 Å². The highest BCUT2D eigenvalue weighted by atomic mass is 79.9. The lowest BCUT2D eigenvalue weighted by Crippen LogP contribution is -2.07. The topological polar surface area (TPSA) is 63.8 Å². The number of halogens is 1. The molecule has 0 spiro atoms. The van der Waals surface area contributed by atoms with E-state index >= 15 is 0 Å². The zero-order valence-corrected chi connectivity index (χ0v) is 8.71. The van der Waals surface area contributed by atoms with Crippen LogP contribution in [0.2, 0.25) is 0 Å². The molecule has 1 aromatic heterocycles. The van der Waals surface area contributed by atoms with Gasteiger partial charge in [0.2, 0.25) is 0 Å². The summed E-state index contributed by atoms with van der Waals surface area (Å²) in [6.07, 6.45) is 4.12. The van der Waals surface area contributed by atoms with Gasteiger partial charge in [-0.15, -0.1) is 0 Å². The lowest BCUT2D eigenvalue weighted by atomic mass is 10.4. The maximum atomic E-state index is 5.60. The number of aromatic nitrogens is 2. The van der Waals surface area contributed by atoms with E-state index in [0.717, 1.165) is 22.8 Å². The zero-order valence-electron chi connectivity index (χ0n) is 7.13. The molecule has 0 atom stereocenters. The summed E-state index contributed by atoms with van der Waals surface area (Å²) in [5, 5.41) is 3.24. The normalized spacial score (nSPS) is 15.8. The third-order valence-electron chi connectivity index (χ3n) is 2.07. The van der Waals surface area contributed by atoms with Gasteiger partial charge in [-0.05, 0) is 34.7 Å². The molecule has 1 aliphatic carbocycles. The van der Waals surface area contributed by atoms with Crippen molar-refractivity contribution >= 4 is 27.6 Å². The van der Waals surface area contributed by atoms with Crippen molar-refractivity contribution in [1.29, 1.82) is 0 Å². The second-order valence-electron chi connectivity index (χ2n) is 3.25. The van der Waals surface area contributed by atoms with Crippen LogP contribution in [0, 0.1) is 5.92 Å². The molecule has 0 bridgehead atoms. The Kier molecular flexibility index (Phi) is 2.35. The molecular weight excluding hydrogens is 232 g/mol. The molecule has 3 N–H and O–H groups in total. The Labute approximate surface area is 85.1 Å². The van der Waals surface area contributed by atoms with Crippen LogP contribution in [0.3, 0.4) is 0 Å². The average molecular weight is 243 g/mol. The first-order valence-electron chi connectivity index (χ1n) is 4.27. The van der Waals surface area contributed by atoms with Crippen LogP contribution in [0.4, 0.5) is 11.6 Å².